The summed E-state index contributed by atoms with van der Waals surface area (Å²) in [4.78, 5) is 54.8. The van der Waals surface area contributed by atoms with Crippen LogP contribution in [0.4, 0.5) is 5.69 Å². The van der Waals surface area contributed by atoms with E-state index in [1.54, 1.807) is 38.5 Å². The second-order valence-corrected chi connectivity index (χ2v) is 12.7. The molecule has 11 nitrogen and oxygen atoms in total. The number of para-hydroxylation sites is 1. The number of fused-ring (bicyclic) bond motifs is 5. The van der Waals surface area contributed by atoms with Gasteiger partial charge in [0.25, 0.3) is 0 Å². The Hall–Kier alpha value is -5.52. The molecule has 1 N–H and O–H groups in total. The summed E-state index contributed by atoms with van der Waals surface area (Å²) in [5.74, 6) is -2.29. The number of ether oxygens (including phenoxy) is 5. The molecule has 3 saturated heterocycles. The molecule has 4 aromatic carbocycles. The van der Waals surface area contributed by atoms with Gasteiger partial charge in [-0.05, 0) is 53.1 Å². The van der Waals surface area contributed by atoms with E-state index in [0.717, 1.165) is 16.7 Å². The highest BCUT2D eigenvalue weighted by Gasteiger charge is 2.71. The first-order chi connectivity index (χ1) is 24.8. The fourth-order valence-electron chi connectivity index (χ4n) is 7.58. The second-order valence-electron chi connectivity index (χ2n) is 12.7. The minimum Gasteiger partial charge on any atom is -0.497 e. The van der Waals surface area contributed by atoms with Crippen LogP contribution in [0.3, 0.4) is 0 Å². The highest BCUT2D eigenvalue weighted by molar-refractivity contribution is 6.23. The maximum absolute atomic E-state index is 14.2. The molecule has 3 aliphatic heterocycles. The van der Waals surface area contributed by atoms with Gasteiger partial charge in [-0.25, -0.2) is 4.90 Å². The Kier molecular flexibility index (Phi) is 9.33. The van der Waals surface area contributed by atoms with E-state index in [9.17, 15) is 19.2 Å². The number of hydrogen-bond donors (Lipinski definition) is 1. The van der Waals surface area contributed by atoms with Crippen LogP contribution in [0, 0.1) is 11.8 Å². The smallest absolute Gasteiger partial charge is 0.306 e. The quantitative estimate of drug-likeness (QED) is 0.131. The summed E-state index contributed by atoms with van der Waals surface area (Å²) >= 11 is 0. The third-order valence-electron chi connectivity index (χ3n) is 9.99. The van der Waals surface area contributed by atoms with Crippen molar-refractivity contribution in [1.29, 1.82) is 0 Å². The average molecular weight is 691 g/mol. The number of amides is 3. The van der Waals surface area contributed by atoms with Crippen molar-refractivity contribution in [3.8, 4) is 11.5 Å². The maximum Gasteiger partial charge on any atom is 0.306 e. The van der Waals surface area contributed by atoms with E-state index in [2.05, 4.69) is 5.32 Å². The zero-order chi connectivity index (χ0) is 35.7. The normalized spacial score (nSPS) is 23.5. The summed E-state index contributed by atoms with van der Waals surface area (Å²) in [5, 5.41) is 2.51. The predicted octanol–water partition coefficient (Wildman–Crippen LogP) is 4.41. The number of anilines is 1. The molecule has 51 heavy (non-hydrogen) atoms. The van der Waals surface area contributed by atoms with Gasteiger partial charge in [-0.15, -0.1) is 0 Å². The number of benzene rings is 4. The highest BCUT2D eigenvalue weighted by atomic mass is 16.6. The number of nitrogens with zero attached hydrogens (tertiary/aromatic N) is 1. The van der Waals surface area contributed by atoms with Gasteiger partial charge < -0.3 is 29.0 Å². The number of esters is 1. The Morgan fingerprint density at radius 3 is 1.69 bits per heavy atom. The lowest BCUT2D eigenvalue weighted by Crippen LogP contribution is -2.54. The van der Waals surface area contributed by atoms with Crippen molar-refractivity contribution >= 4 is 29.4 Å². The molecule has 0 saturated carbocycles. The van der Waals surface area contributed by atoms with E-state index >= 15 is 0 Å². The molecule has 0 radical (unpaired) electrons. The van der Waals surface area contributed by atoms with E-state index < -0.39 is 59.6 Å². The highest BCUT2D eigenvalue weighted by Crippen LogP contribution is 2.54. The summed E-state index contributed by atoms with van der Waals surface area (Å²) in [6.07, 6.45) is -4.30. The van der Waals surface area contributed by atoms with Gasteiger partial charge in [-0.2, -0.15) is 0 Å². The molecule has 6 atom stereocenters. The van der Waals surface area contributed by atoms with Crippen LogP contribution < -0.4 is 19.7 Å². The minimum absolute atomic E-state index is 0.0839. The standard InChI is InChI=1S/C40H38N2O9/c1-41-30(43)22-23-31(44)49-36-34-32-33(39(46)42(38(32)45)27-12-8-5-9-13-27)35(50-34)37(36)51-40(24-10-6-4-7-11-24,25-14-18-28(47-2)19-15-25)26-16-20-29(48-3)21-17-26/h4-21,32-37H,22-23H2,1-3H3,(H,41,43). The number of imide groups is 1. The molecule has 3 amide bonds. The van der Waals surface area contributed by atoms with Gasteiger partial charge in [0.05, 0.1) is 38.2 Å². The van der Waals surface area contributed by atoms with Gasteiger partial charge in [0, 0.05) is 13.5 Å². The Morgan fingerprint density at radius 2 is 1.18 bits per heavy atom. The maximum atomic E-state index is 14.2. The first-order valence-electron chi connectivity index (χ1n) is 16.8. The summed E-state index contributed by atoms with van der Waals surface area (Å²) in [6, 6.07) is 33.3. The molecule has 3 heterocycles. The molecule has 3 aliphatic rings. The minimum atomic E-state index is -1.34. The van der Waals surface area contributed by atoms with Crippen LogP contribution in [0.25, 0.3) is 0 Å². The number of methoxy groups -OCH3 is 2. The number of rotatable bonds is 12. The van der Waals surface area contributed by atoms with Crippen molar-refractivity contribution in [2.24, 2.45) is 11.8 Å². The fraction of sp³-hybridized carbons (Fsp3) is 0.300. The van der Waals surface area contributed by atoms with Crippen LogP contribution in [-0.2, 0) is 39.0 Å². The molecule has 0 aliphatic carbocycles. The van der Waals surface area contributed by atoms with Gasteiger partial charge in [0.2, 0.25) is 17.7 Å². The van der Waals surface area contributed by atoms with Crippen molar-refractivity contribution < 1.29 is 42.9 Å². The van der Waals surface area contributed by atoms with Crippen LogP contribution in [0.15, 0.2) is 109 Å². The third-order valence-corrected chi connectivity index (χ3v) is 9.99. The lowest BCUT2D eigenvalue weighted by Gasteiger charge is -2.42. The SMILES string of the molecule is CNC(=O)CCC(=O)OC1C(OC(c2ccccc2)(c2ccc(OC)cc2)c2ccc(OC)cc2)C2OC1C1C(=O)N(c3ccccc3)C(=O)C21. The van der Waals surface area contributed by atoms with Crippen molar-refractivity contribution in [2.45, 2.75) is 42.9 Å². The zero-order valence-corrected chi connectivity index (χ0v) is 28.4. The molecular weight excluding hydrogens is 652 g/mol. The molecule has 0 spiro atoms. The molecule has 7 rings (SSSR count). The molecule has 11 heteroatoms. The average Bonchev–Trinajstić information content (AvgIpc) is 3.81. The van der Waals surface area contributed by atoms with Crippen molar-refractivity contribution in [3.63, 3.8) is 0 Å². The molecule has 4 aromatic rings. The van der Waals surface area contributed by atoms with Crippen molar-refractivity contribution in [1.82, 2.24) is 5.32 Å². The van der Waals surface area contributed by atoms with E-state index in [0.29, 0.717) is 17.2 Å². The summed E-state index contributed by atoms with van der Waals surface area (Å²) < 4.78 is 30.9. The molecule has 2 bridgehead atoms. The summed E-state index contributed by atoms with van der Waals surface area (Å²) in [5.41, 5.74) is 1.31. The number of hydrogen-bond acceptors (Lipinski definition) is 9. The van der Waals surface area contributed by atoms with Gasteiger partial charge in [-0.3, -0.25) is 19.2 Å². The summed E-state index contributed by atoms with van der Waals surface area (Å²) in [7, 11) is 4.67. The van der Waals surface area contributed by atoms with Gasteiger partial charge in [0.15, 0.2) is 6.10 Å². The first kappa shape index (κ1) is 34.0. The summed E-state index contributed by atoms with van der Waals surface area (Å²) in [6.45, 7) is 0. The number of nitrogens with one attached hydrogen (secondary N) is 1. The van der Waals surface area contributed by atoms with E-state index in [1.165, 1.54) is 11.9 Å². The third kappa shape index (κ3) is 5.92. The Bertz CT molecular complexity index is 1850. The van der Waals surface area contributed by atoms with E-state index in [1.807, 2.05) is 84.9 Å². The molecule has 262 valence electrons. The molecule has 3 fully saturated rings. The molecule has 6 unspecified atom stereocenters. The predicted molar refractivity (Wildman–Crippen MR) is 185 cm³/mol. The largest absolute Gasteiger partial charge is 0.497 e. The van der Waals surface area contributed by atoms with Crippen molar-refractivity contribution in [3.05, 3.63) is 126 Å². The van der Waals surface area contributed by atoms with Crippen LogP contribution in [0.5, 0.6) is 11.5 Å². The fourth-order valence-corrected chi connectivity index (χ4v) is 7.58. The van der Waals surface area contributed by atoms with Gasteiger partial charge in [-0.1, -0.05) is 72.8 Å². The van der Waals surface area contributed by atoms with Crippen molar-refractivity contribution in [2.75, 3.05) is 26.2 Å². The van der Waals surface area contributed by atoms with E-state index in [4.69, 9.17) is 23.7 Å². The number of carbonyl (C=O) groups excluding carboxylic acids is 4. The van der Waals surface area contributed by atoms with Crippen LogP contribution in [0.2, 0.25) is 0 Å². The Labute approximate surface area is 295 Å². The van der Waals surface area contributed by atoms with E-state index in [-0.39, 0.29) is 18.7 Å². The van der Waals surface area contributed by atoms with Crippen LogP contribution in [0.1, 0.15) is 29.5 Å². The number of carbonyl (C=O) groups is 4. The molecular formula is C40H38N2O9. The lowest BCUT2D eigenvalue weighted by molar-refractivity contribution is -0.171. The monoisotopic (exact) mass is 690 g/mol. The molecule has 0 aromatic heterocycles. The Morgan fingerprint density at radius 1 is 0.686 bits per heavy atom. The topological polar surface area (TPSA) is 130 Å². The first-order valence-corrected chi connectivity index (χ1v) is 16.8. The van der Waals surface area contributed by atoms with Crippen LogP contribution >= 0.6 is 0 Å². The Balaban J connectivity index is 1.36. The lowest BCUT2D eigenvalue weighted by atomic mass is 9.76. The van der Waals surface area contributed by atoms with Gasteiger partial charge >= 0.3 is 5.97 Å². The second kappa shape index (κ2) is 14.0. The zero-order valence-electron chi connectivity index (χ0n) is 28.4. The van der Waals surface area contributed by atoms with Crippen LogP contribution in [-0.4, -0.2) is 69.4 Å². The van der Waals surface area contributed by atoms with Gasteiger partial charge in [0.1, 0.15) is 35.4 Å².